The maximum absolute atomic E-state index is 11.1. The van der Waals surface area contributed by atoms with Crippen molar-refractivity contribution in [1.29, 1.82) is 5.26 Å². The van der Waals surface area contributed by atoms with Crippen LogP contribution in [0, 0.1) is 11.3 Å². The quantitative estimate of drug-likeness (QED) is 0.700. The predicted molar refractivity (Wildman–Crippen MR) is 62.7 cm³/mol. The van der Waals surface area contributed by atoms with E-state index in [9.17, 15) is 8.42 Å². The van der Waals surface area contributed by atoms with Crippen LogP contribution in [0.5, 0.6) is 0 Å². The fourth-order valence-electron chi connectivity index (χ4n) is 1.20. The molecule has 1 rings (SSSR count). The zero-order valence-electron chi connectivity index (χ0n) is 9.21. The van der Waals surface area contributed by atoms with E-state index in [0.29, 0.717) is 5.69 Å². The number of hydrogen-bond acceptors (Lipinski definition) is 5. The Hall–Kier alpha value is -1.62. The summed E-state index contributed by atoms with van der Waals surface area (Å²) in [6, 6.07) is 5.81. The fourth-order valence-corrected chi connectivity index (χ4v) is 1.74. The molecule has 0 heterocycles. The van der Waals surface area contributed by atoms with Gasteiger partial charge in [0.15, 0.2) is 0 Å². The second-order valence-electron chi connectivity index (χ2n) is 3.59. The Morgan fingerprint density at radius 2 is 2.24 bits per heavy atom. The van der Waals surface area contributed by atoms with Crippen molar-refractivity contribution in [2.24, 2.45) is 5.14 Å². The highest BCUT2D eigenvalue weighted by atomic mass is 32.2. The van der Waals surface area contributed by atoms with Crippen LogP contribution in [-0.4, -0.2) is 26.2 Å². The largest absolute Gasteiger partial charge is 0.392 e. The van der Waals surface area contributed by atoms with Crippen molar-refractivity contribution in [3.63, 3.8) is 0 Å². The van der Waals surface area contributed by atoms with Gasteiger partial charge in [-0.15, -0.1) is 0 Å². The molecule has 4 N–H and O–H groups in total. The Morgan fingerprint density at radius 3 is 2.71 bits per heavy atom. The van der Waals surface area contributed by atoms with Crippen molar-refractivity contribution < 1.29 is 13.5 Å². The molecule has 0 aromatic heterocycles. The van der Waals surface area contributed by atoms with Gasteiger partial charge in [-0.3, -0.25) is 0 Å². The number of anilines is 1. The van der Waals surface area contributed by atoms with Crippen molar-refractivity contribution in [2.45, 2.75) is 17.9 Å². The number of nitrogens with one attached hydrogen (secondary N) is 1. The van der Waals surface area contributed by atoms with Crippen LogP contribution in [0.15, 0.2) is 23.1 Å². The van der Waals surface area contributed by atoms with E-state index in [1.807, 2.05) is 6.07 Å². The van der Waals surface area contributed by atoms with E-state index in [1.54, 1.807) is 6.92 Å². The summed E-state index contributed by atoms with van der Waals surface area (Å²) >= 11 is 0. The third-order valence-electron chi connectivity index (χ3n) is 2.03. The van der Waals surface area contributed by atoms with Gasteiger partial charge in [-0.2, -0.15) is 5.26 Å². The molecule has 0 saturated carbocycles. The first-order valence-electron chi connectivity index (χ1n) is 4.83. The number of nitriles is 1. The third kappa shape index (κ3) is 3.71. The van der Waals surface area contributed by atoms with Gasteiger partial charge in [-0.05, 0) is 25.1 Å². The molecule has 0 amide bonds. The van der Waals surface area contributed by atoms with Crippen LogP contribution in [0.3, 0.4) is 0 Å². The number of hydrogen-bond donors (Lipinski definition) is 3. The summed E-state index contributed by atoms with van der Waals surface area (Å²) in [5.74, 6) is 0. The molecule has 1 atom stereocenters. The Morgan fingerprint density at radius 1 is 1.59 bits per heavy atom. The van der Waals surface area contributed by atoms with Gasteiger partial charge in [0.1, 0.15) is 6.07 Å². The maximum Gasteiger partial charge on any atom is 0.238 e. The minimum Gasteiger partial charge on any atom is -0.392 e. The highest BCUT2D eigenvalue weighted by molar-refractivity contribution is 7.89. The van der Waals surface area contributed by atoms with E-state index >= 15 is 0 Å². The first-order valence-corrected chi connectivity index (χ1v) is 6.38. The van der Waals surface area contributed by atoms with E-state index in [4.69, 9.17) is 15.5 Å². The molecule has 0 radical (unpaired) electrons. The SMILES string of the molecule is CC(O)CNc1ccc(S(N)(=O)=O)cc1C#N. The average Bonchev–Trinajstić information content (AvgIpc) is 2.24. The van der Waals surface area contributed by atoms with Crippen molar-refractivity contribution in [3.8, 4) is 6.07 Å². The summed E-state index contributed by atoms with van der Waals surface area (Å²) < 4.78 is 22.2. The summed E-state index contributed by atoms with van der Waals surface area (Å²) in [5, 5.41) is 25.8. The topological polar surface area (TPSA) is 116 Å². The lowest BCUT2D eigenvalue weighted by Gasteiger charge is -2.10. The number of primary sulfonamides is 1. The molecule has 0 saturated heterocycles. The lowest BCUT2D eigenvalue weighted by Crippen LogP contribution is -2.17. The van der Waals surface area contributed by atoms with Crippen LogP contribution in [0.1, 0.15) is 12.5 Å². The van der Waals surface area contributed by atoms with Crippen LogP contribution < -0.4 is 10.5 Å². The highest BCUT2D eigenvalue weighted by Gasteiger charge is 2.11. The third-order valence-corrected chi connectivity index (χ3v) is 2.94. The zero-order valence-corrected chi connectivity index (χ0v) is 10.0. The Balaban J connectivity index is 3.07. The summed E-state index contributed by atoms with van der Waals surface area (Å²) in [6.45, 7) is 1.86. The molecule has 1 aromatic carbocycles. The van der Waals surface area contributed by atoms with Gasteiger partial charge in [-0.1, -0.05) is 0 Å². The van der Waals surface area contributed by atoms with Crippen LogP contribution in [0.4, 0.5) is 5.69 Å². The Bertz CT molecular complexity index is 546. The number of benzene rings is 1. The van der Waals surface area contributed by atoms with E-state index in [2.05, 4.69) is 5.32 Å². The van der Waals surface area contributed by atoms with Gasteiger partial charge in [0.05, 0.1) is 22.3 Å². The molecule has 0 bridgehead atoms. The number of nitrogens with two attached hydrogens (primary N) is 1. The van der Waals surface area contributed by atoms with Crippen molar-refractivity contribution >= 4 is 15.7 Å². The molecule has 0 spiro atoms. The zero-order chi connectivity index (χ0) is 13.1. The van der Waals surface area contributed by atoms with Gasteiger partial charge in [0.25, 0.3) is 0 Å². The van der Waals surface area contributed by atoms with Crippen molar-refractivity contribution in [1.82, 2.24) is 0 Å². The number of nitrogens with zero attached hydrogens (tertiary/aromatic N) is 1. The first-order chi connectivity index (χ1) is 7.84. The lowest BCUT2D eigenvalue weighted by molar-refractivity contribution is 0.208. The molecule has 17 heavy (non-hydrogen) atoms. The number of aliphatic hydroxyl groups is 1. The molecule has 92 valence electrons. The Labute approximate surface area is 99.7 Å². The van der Waals surface area contributed by atoms with Gasteiger partial charge >= 0.3 is 0 Å². The second kappa shape index (κ2) is 5.14. The molecular weight excluding hydrogens is 242 g/mol. The number of rotatable bonds is 4. The van der Waals surface area contributed by atoms with E-state index in [1.165, 1.54) is 18.2 Å². The predicted octanol–water partition coefficient (Wildman–Crippen LogP) is -0.00162. The minimum absolute atomic E-state index is 0.114. The molecule has 7 heteroatoms. The lowest BCUT2D eigenvalue weighted by atomic mass is 10.2. The summed E-state index contributed by atoms with van der Waals surface area (Å²) in [5.41, 5.74) is 0.623. The number of aliphatic hydroxyl groups excluding tert-OH is 1. The second-order valence-corrected chi connectivity index (χ2v) is 5.16. The van der Waals surface area contributed by atoms with E-state index in [0.717, 1.165) is 0 Å². The average molecular weight is 255 g/mol. The standard InChI is InChI=1S/C10H13N3O3S/c1-7(14)6-13-10-3-2-9(17(12,15)16)4-8(10)5-11/h2-4,7,13-14H,6H2,1H3,(H2,12,15,16). The molecule has 0 aliphatic rings. The molecule has 0 aliphatic carbocycles. The van der Waals surface area contributed by atoms with Gasteiger partial charge in [0.2, 0.25) is 10.0 Å². The Kier molecular flexibility index (Phi) is 4.07. The van der Waals surface area contributed by atoms with Gasteiger partial charge < -0.3 is 10.4 Å². The van der Waals surface area contributed by atoms with Crippen LogP contribution in [0.2, 0.25) is 0 Å². The molecule has 1 unspecified atom stereocenters. The minimum atomic E-state index is -3.81. The van der Waals surface area contributed by atoms with Crippen molar-refractivity contribution in [2.75, 3.05) is 11.9 Å². The maximum atomic E-state index is 11.1. The summed E-state index contributed by atoms with van der Waals surface area (Å²) in [4.78, 5) is -0.114. The monoisotopic (exact) mass is 255 g/mol. The normalized spacial score (nSPS) is 12.8. The molecular formula is C10H13N3O3S. The van der Waals surface area contributed by atoms with Crippen LogP contribution in [-0.2, 0) is 10.0 Å². The first kappa shape index (κ1) is 13.4. The molecule has 1 aromatic rings. The summed E-state index contributed by atoms with van der Waals surface area (Å²) in [6.07, 6.45) is -0.570. The fraction of sp³-hybridized carbons (Fsp3) is 0.300. The van der Waals surface area contributed by atoms with Crippen molar-refractivity contribution in [3.05, 3.63) is 23.8 Å². The number of sulfonamides is 1. The van der Waals surface area contributed by atoms with Gasteiger partial charge in [0, 0.05) is 6.54 Å². The molecule has 0 aliphatic heterocycles. The van der Waals surface area contributed by atoms with Gasteiger partial charge in [-0.25, -0.2) is 13.6 Å². The molecule has 6 nitrogen and oxygen atoms in total. The summed E-state index contributed by atoms with van der Waals surface area (Å²) in [7, 11) is -3.81. The van der Waals surface area contributed by atoms with Crippen LogP contribution in [0.25, 0.3) is 0 Å². The van der Waals surface area contributed by atoms with E-state index in [-0.39, 0.29) is 17.0 Å². The van der Waals surface area contributed by atoms with E-state index < -0.39 is 16.1 Å². The molecule has 0 fully saturated rings. The highest BCUT2D eigenvalue weighted by Crippen LogP contribution is 2.18. The smallest absolute Gasteiger partial charge is 0.238 e. The van der Waals surface area contributed by atoms with Crippen LogP contribution >= 0.6 is 0 Å².